The predicted octanol–water partition coefficient (Wildman–Crippen LogP) is 1.80. The molecule has 1 N–H and O–H groups in total. The van der Waals surface area contributed by atoms with Crippen LogP contribution >= 0.6 is 0 Å². The van der Waals surface area contributed by atoms with Crippen LogP contribution in [0, 0.1) is 5.92 Å². The van der Waals surface area contributed by atoms with Gasteiger partial charge in [-0.15, -0.1) is 0 Å². The highest BCUT2D eigenvalue weighted by atomic mass is 19.4. The molecule has 104 valence electrons. The Morgan fingerprint density at radius 3 is 2.32 bits per heavy atom. The van der Waals surface area contributed by atoms with Crippen LogP contribution in [0.3, 0.4) is 0 Å². The van der Waals surface area contributed by atoms with Gasteiger partial charge in [0, 0.05) is 13.1 Å². The molecule has 2 rings (SSSR count). The molecule has 1 aromatic rings. The number of anilines is 1. The number of halogens is 3. The molecule has 1 aliphatic heterocycles. The average Bonchev–Trinajstić information content (AvgIpc) is 2.38. The molecule has 0 saturated carbocycles. The maximum atomic E-state index is 12.3. The Hall–Kier alpha value is -1.86. The van der Waals surface area contributed by atoms with Gasteiger partial charge in [0.15, 0.2) is 5.69 Å². The zero-order valence-corrected chi connectivity index (χ0v) is 9.89. The lowest BCUT2D eigenvalue weighted by atomic mass is 9.97. The van der Waals surface area contributed by atoms with Gasteiger partial charge in [0.1, 0.15) is 5.82 Å². The fourth-order valence-electron chi connectivity index (χ4n) is 1.99. The average molecular weight is 275 g/mol. The summed E-state index contributed by atoms with van der Waals surface area (Å²) in [7, 11) is 0. The first kappa shape index (κ1) is 13.6. The molecule has 19 heavy (non-hydrogen) atoms. The lowest BCUT2D eigenvalue weighted by Crippen LogP contribution is -2.36. The number of carboxylic acid groups (broad SMARTS) is 1. The molecule has 0 unspecified atom stereocenters. The van der Waals surface area contributed by atoms with Crippen molar-refractivity contribution in [2.24, 2.45) is 5.92 Å². The minimum Gasteiger partial charge on any atom is -0.481 e. The standard InChI is InChI=1S/C11H12F3N3O2/c12-11(13,14)8-5-16-9(6-15-8)17-3-1-7(2-4-17)10(18)19/h5-7H,1-4H2,(H,18,19). The van der Waals surface area contributed by atoms with Crippen LogP contribution in [-0.4, -0.2) is 34.1 Å². The first-order chi connectivity index (χ1) is 8.88. The van der Waals surface area contributed by atoms with E-state index in [1.165, 1.54) is 0 Å². The van der Waals surface area contributed by atoms with E-state index in [0.29, 0.717) is 37.9 Å². The Morgan fingerprint density at radius 2 is 1.89 bits per heavy atom. The van der Waals surface area contributed by atoms with Crippen molar-refractivity contribution >= 4 is 11.8 Å². The number of aliphatic carboxylic acids is 1. The van der Waals surface area contributed by atoms with Crippen LogP contribution < -0.4 is 4.90 Å². The maximum Gasteiger partial charge on any atom is 0.434 e. The highest BCUT2D eigenvalue weighted by Gasteiger charge is 2.33. The molecule has 1 aliphatic rings. The zero-order valence-electron chi connectivity index (χ0n) is 9.89. The van der Waals surface area contributed by atoms with Crippen LogP contribution in [-0.2, 0) is 11.0 Å². The van der Waals surface area contributed by atoms with E-state index < -0.39 is 23.8 Å². The normalized spacial score (nSPS) is 17.5. The number of alkyl halides is 3. The second-order valence-corrected chi connectivity index (χ2v) is 4.36. The maximum absolute atomic E-state index is 12.3. The van der Waals surface area contributed by atoms with Crippen LogP contribution in [0.2, 0.25) is 0 Å². The second-order valence-electron chi connectivity index (χ2n) is 4.36. The van der Waals surface area contributed by atoms with Gasteiger partial charge in [0.25, 0.3) is 0 Å². The van der Waals surface area contributed by atoms with Gasteiger partial charge in [-0.1, -0.05) is 0 Å². The van der Waals surface area contributed by atoms with Crippen LogP contribution in [0.1, 0.15) is 18.5 Å². The summed E-state index contributed by atoms with van der Waals surface area (Å²) in [5.74, 6) is -0.881. The minimum absolute atomic E-state index is 0.344. The molecule has 0 aromatic carbocycles. The molecule has 0 bridgehead atoms. The van der Waals surface area contributed by atoms with E-state index in [1.54, 1.807) is 4.90 Å². The quantitative estimate of drug-likeness (QED) is 0.891. The van der Waals surface area contributed by atoms with Crippen LogP contribution in [0.25, 0.3) is 0 Å². The molecule has 1 fully saturated rings. The number of rotatable bonds is 2. The van der Waals surface area contributed by atoms with Crippen molar-refractivity contribution in [2.75, 3.05) is 18.0 Å². The molecular weight excluding hydrogens is 263 g/mol. The fourth-order valence-corrected chi connectivity index (χ4v) is 1.99. The van der Waals surface area contributed by atoms with Crippen molar-refractivity contribution in [3.63, 3.8) is 0 Å². The van der Waals surface area contributed by atoms with Gasteiger partial charge < -0.3 is 10.0 Å². The van der Waals surface area contributed by atoms with Gasteiger partial charge in [0.05, 0.1) is 18.3 Å². The SMILES string of the molecule is O=C(O)C1CCN(c2cnc(C(F)(F)F)cn2)CC1. The van der Waals surface area contributed by atoms with Gasteiger partial charge in [-0.05, 0) is 12.8 Å². The first-order valence-electron chi connectivity index (χ1n) is 5.75. The Bertz CT molecular complexity index is 453. The summed E-state index contributed by atoms with van der Waals surface area (Å²) in [6, 6.07) is 0. The molecule has 1 saturated heterocycles. The molecule has 1 aromatic heterocycles. The Balaban J connectivity index is 2.02. The van der Waals surface area contributed by atoms with Crippen LogP contribution in [0.15, 0.2) is 12.4 Å². The second kappa shape index (κ2) is 5.02. The molecule has 8 heteroatoms. The van der Waals surface area contributed by atoms with Gasteiger partial charge >= 0.3 is 12.1 Å². The van der Waals surface area contributed by atoms with Crippen molar-refractivity contribution in [1.82, 2.24) is 9.97 Å². The van der Waals surface area contributed by atoms with E-state index in [4.69, 9.17) is 5.11 Å². The van der Waals surface area contributed by atoms with Gasteiger partial charge in [-0.25, -0.2) is 9.97 Å². The number of aromatic nitrogens is 2. The van der Waals surface area contributed by atoms with E-state index >= 15 is 0 Å². The Labute approximate surface area is 107 Å². The summed E-state index contributed by atoms with van der Waals surface area (Å²) < 4.78 is 37.0. The van der Waals surface area contributed by atoms with Gasteiger partial charge in [0.2, 0.25) is 0 Å². The van der Waals surface area contributed by atoms with Gasteiger partial charge in [-0.3, -0.25) is 4.79 Å². The summed E-state index contributed by atoms with van der Waals surface area (Å²) in [6.07, 6.45) is -1.82. The highest BCUT2D eigenvalue weighted by Crippen LogP contribution is 2.28. The minimum atomic E-state index is -4.50. The molecule has 0 amide bonds. The van der Waals surface area contributed by atoms with Gasteiger partial charge in [-0.2, -0.15) is 13.2 Å². The lowest BCUT2D eigenvalue weighted by Gasteiger charge is -2.30. The number of carbonyl (C=O) groups is 1. The van der Waals surface area contributed by atoms with Crippen molar-refractivity contribution in [1.29, 1.82) is 0 Å². The third-order valence-electron chi connectivity index (χ3n) is 3.10. The van der Waals surface area contributed by atoms with E-state index in [1.807, 2.05) is 0 Å². The van der Waals surface area contributed by atoms with Crippen molar-refractivity contribution in [2.45, 2.75) is 19.0 Å². The molecule has 0 spiro atoms. The molecular formula is C11H12F3N3O2. The summed E-state index contributed by atoms with van der Waals surface area (Å²) in [5, 5.41) is 8.85. The number of hydrogen-bond donors (Lipinski definition) is 1. The number of hydrogen-bond acceptors (Lipinski definition) is 4. The third-order valence-corrected chi connectivity index (χ3v) is 3.10. The predicted molar refractivity (Wildman–Crippen MR) is 59.6 cm³/mol. The molecule has 5 nitrogen and oxygen atoms in total. The third kappa shape index (κ3) is 3.12. The van der Waals surface area contributed by atoms with Crippen molar-refractivity contribution < 1.29 is 23.1 Å². The molecule has 0 radical (unpaired) electrons. The zero-order chi connectivity index (χ0) is 14.0. The summed E-state index contributed by atoms with van der Waals surface area (Å²) in [5.41, 5.74) is -1.03. The van der Waals surface area contributed by atoms with E-state index in [-0.39, 0.29) is 0 Å². The summed E-state index contributed by atoms with van der Waals surface area (Å²) >= 11 is 0. The monoisotopic (exact) mass is 275 g/mol. The van der Waals surface area contributed by atoms with Crippen molar-refractivity contribution in [3.05, 3.63) is 18.1 Å². The summed E-state index contributed by atoms with van der Waals surface area (Å²) in [6.45, 7) is 0.911. The first-order valence-corrected chi connectivity index (χ1v) is 5.75. The Morgan fingerprint density at radius 1 is 1.26 bits per heavy atom. The highest BCUT2D eigenvalue weighted by molar-refractivity contribution is 5.70. The molecule has 0 atom stereocenters. The van der Waals surface area contributed by atoms with Crippen molar-refractivity contribution in [3.8, 4) is 0 Å². The number of carboxylic acids is 1. The van der Waals surface area contributed by atoms with Crippen LogP contribution in [0.5, 0.6) is 0 Å². The largest absolute Gasteiger partial charge is 0.481 e. The number of nitrogens with zero attached hydrogens (tertiary/aromatic N) is 3. The smallest absolute Gasteiger partial charge is 0.434 e. The topological polar surface area (TPSA) is 66.3 Å². The van der Waals surface area contributed by atoms with Crippen LogP contribution in [0.4, 0.5) is 19.0 Å². The summed E-state index contributed by atoms with van der Waals surface area (Å²) in [4.78, 5) is 19.6. The molecule has 0 aliphatic carbocycles. The molecule has 2 heterocycles. The lowest BCUT2D eigenvalue weighted by molar-refractivity contribution is -0.143. The Kier molecular flexibility index (Phi) is 3.59. The van der Waals surface area contributed by atoms with E-state index in [2.05, 4.69) is 9.97 Å². The number of piperidine rings is 1. The fraction of sp³-hybridized carbons (Fsp3) is 0.545. The van der Waals surface area contributed by atoms with E-state index in [9.17, 15) is 18.0 Å². The van der Waals surface area contributed by atoms with E-state index in [0.717, 1.165) is 6.20 Å².